The van der Waals surface area contributed by atoms with E-state index in [1.807, 2.05) is 26.0 Å². The lowest BCUT2D eigenvalue weighted by Gasteiger charge is -2.15. The van der Waals surface area contributed by atoms with Gasteiger partial charge < -0.3 is 24.8 Å². The Balaban J connectivity index is 1.80. The maximum Gasteiger partial charge on any atom is 0.337 e. The number of benzene rings is 1. The van der Waals surface area contributed by atoms with Gasteiger partial charge in [0, 0.05) is 17.8 Å². The Morgan fingerprint density at radius 3 is 2.63 bits per heavy atom. The van der Waals surface area contributed by atoms with Crippen molar-refractivity contribution in [3.05, 3.63) is 41.1 Å². The molecule has 27 heavy (non-hydrogen) atoms. The predicted octanol–water partition coefficient (Wildman–Crippen LogP) is 0.915. The largest absolute Gasteiger partial charge is 0.475 e. The molecule has 0 radical (unpaired) electrons. The van der Waals surface area contributed by atoms with Crippen molar-refractivity contribution >= 4 is 23.5 Å². The molecular formula is C19H23N3O5. The van der Waals surface area contributed by atoms with E-state index in [1.54, 1.807) is 12.1 Å². The first-order valence-electron chi connectivity index (χ1n) is 8.66. The Kier molecular flexibility index (Phi) is 5.18. The van der Waals surface area contributed by atoms with Gasteiger partial charge in [-0.25, -0.2) is 9.79 Å². The van der Waals surface area contributed by atoms with Crippen molar-refractivity contribution in [2.45, 2.75) is 19.4 Å². The van der Waals surface area contributed by atoms with E-state index in [1.165, 1.54) is 12.0 Å². The van der Waals surface area contributed by atoms with Gasteiger partial charge in [-0.3, -0.25) is 4.79 Å². The zero-order valence-corrected chi connectivity index (χ0v) is 15.6. The van der Waals surface area contributed by atoms with Crippen LogP contribution in [0.1, 0.15) is 19.4 Å². The van der Waals surface area contributed by atoms with E-state index in [0.29, 0.717) is 18.2 Å². The van der Waals surface area contributed by atoms with E-state index < -0.39 is 5.97 Å². The van der Waals surface area contributed by atoms with Crippen molar-refractivity contribution in [2.75, 3.05) is 38.7 Å². The average molecular weight is 373 g/mol. The Labute approximate surface area is 157 Å². The highest BCUT2D eigenvalue weighted by molar-refractivity contribution is 6.08. The Hall–Kier alpha value is -2.87. The van der Waals surface area contributed by atoms with Crippen LogP contribution in [0.25, 0.3) is 0 Å². The molecule has 0 atom stereocenters. The molecule has 2 aliphatic rings. The second kappa shape index (κ2) is 7.40. The minimum absolute atomic E-state index is 0.103. The van der Waals surface area contributed by atoms with Gasteiger partial charge in [0.05, 0.1) is 31.4 Å². The molecule has 2 heterocycles. The smallest absolute Gasteiger partial charge is 0.337 e. The van der Waals surface area contributed by atoms with Crippen LogP contribution in [0.3, 0.4) is 0 Å². The second-order valence-electron chi connectivity index (χ2n) is 7.02. The number of nitrogens with one attached hydrogen (secondary N) is 1. The van der Waals surface area contributed by atoms with E-state index in [-0.39, 0.29) is 42.4 Å². The highest BCUT2D eigenvalue weighted by atomic mass is 16.5. The molecule has 1 aromatic carbocycles. The van der Waals surface area contributed by atoms with Crippen LogP contribution in [0, 0.1) is 0 Å². The Morgan fingerprint density at radius 1 is 1.37 bits per heavy atom. The van der Waals surface area contributed by atoms with Crippen LogP contribution >= 0.6 is 0 Å². The van der Waals surface area contributed by atoms with Crippen molar-refractivity contribution in [2.24, 2.45) is 4.99 Å². The quantitative estimate of drug-likeness (QED) is 0.719. The summed E-state index contributed by atoms with van der Waals surface area (Å²) in [7, 11) is 1.27. The number of carbonyl (C=O) groups is 2. The minimum Gasteiger partial charge on any atom is -0.475 e. The van der Waals surface area contributed by atoms with Crippen LogP contribution < -0.4 is 5.32 Å². The fourth-order valence-corrected chi connectivity index (χ4v) is 2.92. The van der Waals surface area contributed by atoms with Gasteiger partial charge >= 0.3 is 5.97 Å². The summed E-state index contributed by atoms with van der Waals surface area (Å²) in [5, 5.41) is 12.1. The molecule has 0 aromatic heterocycles. The van der Waals surface area contributed by atoms with E-state index in [9.17, 15) is 9.59 Å². The lowest BCUT2D eigenvalue weighted by Crippen LogP contribution is -2.31. The topological polar surface area (TPSA) is 100 Å². The summed E-state index contributed by atoms with van der Waals surface area (Å²) in [6, 6.07) is 7.25. The van der Waals surface area contributed by atoms with Gasteiger partial charge in [0.2, 0.25) is 5.90 Å². The monoisotopic (exact) mass is 373 g/mol. The summed E-state index contributed by atoms with van der Waals surface area (Å²) in [4.78, 5) is 30.5. The summed E-state index contributed by atoms with van der Waals surface area (Å²) in [5.41, 5.74) is 1.66. The van der Waals surface area contributed by atoms with Crippen molar-refractivity contribution < 1.29 is 24.2 Å². The number of β-amino-alcohol motifs (C(OH)–C–C–N with tert-alkyl or cyclic N) is 1. The third-order valence-electron chi connectivity index (χ3n) is 4.32. The number of aliphatic hydroxyl groups is 1. The maximum atomic E-state index is 12.5. The van der Waals surface area contributed by atoms with E-state index >= 15 is 0 Å². The molecule has 144 valence electrons. The van der Waals surface area contributed by atoms with Gasteiger partial charge in [-0.15, -0.1) is 0 Å². The first-order chi connectivity index (χ1) is 12.8. The number of ether oxygens (including phenoxy) is 2. The summed E-state index contributed by atoms with van der Waals surface area (Å²) in [6.07, 6.45) is 0. The Morgan fingerprint density at radius 2 is 2.07 bits per heavy atom. The standard InChI is InChI=1S/C19H23N3O5/c1-19(2)11-27-16(21-19)12-4-6-13(7-5-12)20-15-14(18(25)26-3)10-22(8-9-23)17(15)24/h4-7,20,23H,8-11H2,1-3H3. The summed E-state index contributed by atoms with van der Waals surface area (Å²) >= 11 is 0. The van der Waals surface area contributed by atoms with Crippen LogP contribution in [0.5, 0.6) is 0 Å². The molecule has 8 nitrogen and oxygen atoms in total. The highest BCUT2D eigenvalue weighted by Gasteiger charge is 2.34. The number of anilines is 1. The fourth-order valence-electron chi connectivity index (χ4n) is 2.92. The summed E-state index contributed by atoms with van der Waals surface area (Å²) in [5.74, 6) is -0.329. The maximum absolute atomic E-state index is 12.5. The molecule has 0 bridgehead atoms. The molecular weight excluding hydrogens is 350 g/mol. The number of rotatable bonds is 6. The number of hydrogen-bond acceptors (Lipinski definition) is 7. The second-order valence-corrected chi connectivity index (χ2v) is 7.02. The number of methoxy groups -OCH3 is 1. The number of nitrogens with zero attached hydrogens (tertiary/aromatic N) is 2. The fraction of sp³-hybridized carbons (Fsp3) is 0.421. The van der Waals surface area contributed by atoms with Crippen LogP contribution in [-0.2, 0) is 19.1 Å². The highest BCUT2D eigenvalue weighted by Crippen LogP contribution is 2.24. The van der Waals surface area contributed by atoms with Crippen molar-refractivity contribution in [3.63, 3.8) is 0 Å². The molecule has 0 fully saturated rings. The molecule has 0 aliphatic carbocycles. The number of aliphatic hydroxyl groups excluding tert-OH is 1. The number of hydrogen-bond donors (Lipinski definition) is 2. The minimum atomic E-state index is -0.571. The van der Waals surface area contributed by atoms with E-state index in [2.05, 4.69) is 10.3 Å². The lowest BCUT2D eigenvalue weighted by molar-refractivity contribution is -0.136. The van der Waals surface area contributed by atoms with Crippen molar-refractivity contribution in [1.29, 1.82) is 0 Å². The zero-order valence-electron chi connectivity index (χ0n) is 15.6. The van der Waals surface area contributed by atoms with Gasteiger partial charge in [0.15, 0.2) is 0 Å². The number of esters is 1. The SMILES string of the molecule is COC(=O)C1=C(Nc2ccc(C3=NC(C)(C)CO3)cc2)C(=O)N(CCO)C1. The molecule has 2 aliphatic heterocycles. The molecule has 2 N–H and O–H groups in total. The number of amides is 1. The van der Waals surface area contributed by atoms with E-state index in [0.717, 1.165) is 5.56 Å². The van der Waals surface area contributed by atoms with Gasteiger partial charge in [-0.2, -0.15) is 0 Å². The third kappa shape index (κ3) is 3.95. The first-order valence-corrected chi connectivity index (χ1v) is 8.66. The first kappa shape index (κ1) is 18.9. The lowest BCUT2D eigenvalue weighted by atomic mass is 10.1. The zero-order chi connectivity index (χ0) is 19.6. The van der Waals surface area contributed by atoms with Gasteiger partial charge in [-0.05, 0) is 38.1 Å². The summed E-state index contributed by atoms with van der Waals surface area (Å²) < 4.78 is 10.4. The van der Waals surface area contributed by atoms with Crippen LogP contribution in [-0.4, -0.2) is 66.7 Å². The number of carbonyl (C=O) groups excluding carboxylic acids is 2. The molecule has 0 saturated heterocycles. The van der Waals surface area contributed by atoms with Crippen molar-refractivity contribution in [3.8, 4) is 0 Å². The van der Waals surface area contributed by atoms with Crippen LogP contribution in [0.2, 0.25) is 0 Å². The van der Waals surface area contributed by atoms with Crippen LogP contribution in [0.4, 0.5) is 5.69 Å². The molecule has 1 amide bonds. The van der Waals surface area contributed by atoms with Crippen LogP contribution in [0.15, 0.2) is 40.5 Å². The third-order valence-corrected chi connectivity index (χ3v) is 4.32. The van der Waals surface area contributed by atoms with Gasteiger partial charge in [-0.1, -0.05) is 0 Å². The normalized spacial score (nSPS) is 18.4. The van der Waals surface area contributed by atoms with E-state index in [4.69, 9.17) is 14.6 Å². The molecule has 0 unspecified atom stereocenters. The van der Waals surface area contributed by atoms with Gasteiger partial charge in [0.1, 0.15) is 12.3 Å². The summed E-state index contributed by atoms with van der Waals surface area (Å²) in [6.45, 7) is 4.61. The molecule has 0 spiro atoms. The number of aliphatic imine (C=N–C) groups is 1. The molecule has 0 saturated carbocycles. The molecule has 1 aromatic rings. The Bertz CT molecular complexity index is 811. The van der Waals surface area contributed by atoms with Gasteiger partial charge in [0.25, 0.3) is 5.91 Å². The molecule has 8 heteroatoms. The molecule has 3 rings (SSSR count). The van der Waals surface area contributed by atoms with Crippen molar-refractivity contribution in [1.82, 2.24) is 4.90 Å². The predicted molar refractivity (Wildman–Crippen MR) is 99.3 cm³/mol. The average Bonchev–Trinajstić information content (AvgIpc) is 3.16.